The van der Waals surface area contributed by atoms with Crippen LogP contribution in [-0.2, 0) is 0 Å². The summed E-state index contributed by atoms with van der Waals surface area (Å²) < 4.78 is 0. The van der Waals surface area contributed by atoms with Gasteiger partial charge in [-0.05, 0) is 81.4 Å². The Labute approximate surface area is 243 Å². The fourth-order valence-electron chi connectivity index (χ4n) is 7.12. The Hall–Kier alpha value is -2.62. The smallest absolute Gasteiger partial charge is 0.0923 e. The molecule has 1 aromatic carbocycles. The lowest BCUT2D eigenvalue weighted by molar-refractivity contribution is 0.300. The molecule has 4 heteroatoms. The minimum absolute atomic E-state index is 0.637. The number of benzene rings is 1. The first-order chi connectivity index (χ1) is 19.7. The molecule has 0 atom stereocenters. The van der Waals surface area contributed by atoms with Crippen molar-refractivity contribution in [2.24, 2.45) is 11.8 Å². The quantitative estimate of drug-likeness (QED) is 0.177. The van der Waals surface area contributed by atoms with Crippen LogP contribution < -0.4 is 0 Å². The number of unbranched alkanes of at least 4 members (excludes halogenated alkanes) is 4. The topological polar surface area (TPSA) is 57.4 Å². The molecule has 218 valence electrons. The Balaban J connectivity index is 0.00000181. The molecule has 40 heavy (non-hydrogen) atoms. The average Bonchev–Trinajstić information content (AvgIpc) is 3.71. The fourth-order valence-corrected chi connectivity index (χ4v) is 7.12. The fraction of sp³-hybridized carbons (Fsp3) is 0.611. The van der Waals surface area contributed by atoms with Crippen LogP contribution >= 0.6 is 0 Å². The molecule has 2 fully saturated rings. The van der Waals surface area contributed by atoms with Crippen LogP contribution in [0.2, 0.25) is 0 Å². The van der Waals surface area contributed by atoms with Crippen LogP contribution in [0, 0.1) is 11.8 Å². The van der Waals surface area contributed by atoms with Gasteiger partial charge in [0.2, 0.25) is 0 Å². The lowest BCUT2D eigenvalue weighted by Gasteiger charge is -2.27. The summed E-state index contributed by atoms with van der Waals surface area (Å²) in [5.41, 5.74) is 7.12. The molecule has 0 radical (unpaired) electrons. The molecule has 2 aliphatic rings. The van der Waals surface area contributed by atoms with E-state index in [1.807, 2.05) is 0 Å². The molecule has 0 spiro atoms. The van der Waals surface area contributed by atoms with Crippen molar-refractivity contribution in [3.05, 3.63) is 60.9 Å². The minimum Gasteiger partial charge on any atom is -0.282 e. The minimum atomic E-state index is 0.637. The number of aromatic amines is 2. The largest absolute Gasteiger partial charge is 0.282 e. The van der Waals surface area contributed by atoms with Crippen LogP contribution in [0.25, 0.3) is 22.5 Å². The lowest BCUT2D eigenvalue weighted by atomic mass is 9.78. The highest BCUT2D eigenvalue weighted by molar-refractivity contribution is 5.69. The zero-order valence-electron chi connectivity index (χ0n) is 25.4. The molecule has 0 bridgehead atoms. The highest BCUT2D eigenvalue weighted by Crippen LogP contribution is 2.39. The second kappa shape index (κ2) is 16.0. The molecule has 0 unspecified atom stereocenters. The van der Waals surface area contributed by atoms with Crippen molar-refractivity contribution in [3.63, 3.8) is 0 Å². The molecule has 3 aromatic rings. The van der Waals surface area contributed by atoms with Crippen LogP contribution in [-0.4, -0.2) is 20.4 Å². The van der Waals surface area contributed by atoms with Crippen molar-refractivity contribution in [1.29, 1.82) is 0 Å². The van der Waals surface area contributed by atoms with Gasteiger partial charge in [-0.25, -0.2) is 0 Å². The van der Waals surface area contributed by atoms with Crippen molar-refractivity contribution in [3.8, 4) is 22.5 Å². The van der Waals surface area contributed by atoms with E-state index in [-0.39, 0.29) is 0 Å². The summed E-state index contributed by atoms with van der Waals surface area (Å²) >= 11 is 0. The first kappa shape index (κ1) is 30.3. The third-order valence-corrected chi connectivity index (χ3v) is 9.65. The molecule has 2 heterocycles. The molecular weight excluding hydrogens is 488 g/mol. The summed E-state index contributed by atoms with van der Waals surface area (Å²) in [5, 5.41) is 16.3. The predicted molar refractivity (Wildman–Crippen MR) is 171 cm³/mol. The molecule has 5 rings (SSSR count). The van der Waals surface area contributed by atoms with Crippen LogP contribution in [0.5, 0.6) is 0 Å². The van der Waals surface area contributed by atoms with Gasteiger partial charge in [-0.3, -0.25) is 10.2 Å². The zero-order valence-corrected chi connectivity index (χ0v) is 25.4. The molecule has 2 N–H and O–H groups in total. The van der Waals surface area contributed by atoms with Gasteiger partial charge < -0.3 is 0 Å². The summed E-state index contributed by atoms with van der Waals surface area (Å²) in [4.78, 5) is 0. The number of hydrogen-bond donors (Lipinski definition) is 2. The van der Waals surface area contributed by atoms with Crippen LogP contribution in [0.4, 0.5) is 0 Å². The monoisotopic (exact) mass is 542 g/mol. The molecule has 0 aliphatic heterocycles. The van der Waals surface area contributed by atoms with Gasteiger partial charge in [-0.1, -0.05) is 83.4 Å². The van der Waals surface area contributed by atoms with E-state index < -0.39 is 0 Å². The maximum Gasteiger partial charge on any atom is 0.0923 e. The van der Waals surface area contributed by atoms with Gasteiger partial charge in [0.15, 0.2) is 0 Å². The SMILES string of the molecule is C=C.CCCCCC1CCC(c2cc(-c3cccc(-c4cc(C5CCC(CCCCC)CC5)[nH]n4)c3)n[nH]2)CC1. The average molecular weight is 543 g/mol. The van der Waals surface area contributed by atoms with Gasteiger partial charge in [-0.15, -0.1) is 13.2 Å². The highest BCUT2D eigenvalue weighted by Gasteiger charge is 2.25. The molecule has 0 amide bonds. The van der Waals surface area contributed by atoms with Crippen LogP contribution in [0.1, 0.15) is 140 Å². The Morgan fingerprint density at radius 2 is 1.05 bits per heavy atom. The predicted octanol–water partition coefficient (Wildman–Crippen LogP) is 11.0. The van der Waals surface area contributed by atoms with Crippen LogP contribution in [0.15, 0.2) is 49.6 Å². The maximum absolute atomic E-state index is 4.74. The van der Waals surface area contributed by atoms with E-state index in [9.17, 15) is 0 Å². The molecule has 4 nitrogen and oxygen atoms in total. The van der Waals surface area contributed by atoms with E-state index in [2.05, 4.69) is 73.6 Å². The number of H-pyrrole nitrogens is 2. The lowest BCUT2D eigenvalue weighted by Crippen LogP contribution is -2.13. The third kappa shape index (κ3) is 8.21. The summed E-state index contributed by atoms with van der Waals surface area (Å²) in [6.45, 7) is 10.6. The van der Waals surface area contributed by atoms with E-state index >= 15 is 0 Å². The van der Waals surface area contributed by atoms with Crippen molar-refractivity contribution < 1.29 is 0 Å². The summed E-state index contributed by atoms with van der Waals surface area (Å²) in [7, 11) is 0. The summed E-state index contributed by atoms with van der Waals surface area (Å²) in [6, 6.07) is 13.4. The molecule has 0 saturated heterocycles. The van der Waals surface area contributed by atoms with Crippen molar-refractivity contribution >= 4 is 0 Å². The second-order valence-electron chi connectivity index (χ2n) is 12.4. The van der Waals surface area contributed by atoms with Gasteiger partial charge in [0.25, 0.3) is 0 Å². The standard InChI is InChI=1S/C34H50N4.C2H4/c1-3-5-7-10-25-14-18-27(19-15-25)31-23-33(37-35-31)29-12-9-13-30(22-29)34-24-32(36-38-34)28-20-16-26(17-21-28)11-8-6-4-2;1-2/h9,12-13,22-28H,3-8,10-11,14-21H2,1-2H3,(H,35,37)(H,36,38);1-2H2. The number of aromatic nitrogens is 4. The first-order valence-electron chi connectivity index (χ1n) is 16.4. The van der Waals surface area contributed by atoms with E-state index in [0.717, 1.165) is 23.2 Å². The van der Waals surface area contributed by atoms with E-state index in [1.165, 1.54) is 125 Å². The highest BCUT2D eigenvalue weighted by atomic mass is 15.1. The van der Waals surface area contributed by atoms with E-state index in [1.54, 1.807) is 0 Å². The first-order valence-corrected chi connectivity index (χ1v) is 16.4. The Morgan fingerprint density at radius 1 is 0.625 bits per heavy atom. The van der Waals surface area contributed by atoms with Gasteiger partial charge in [0, 0.05) is 34.4 Å². The van der Waals surface area contributed by atoms with Gasteiger partial charge >= 0.3 is 0 Å². The molecule has 2 saturated carbocycles. The van der Waals surface area contributed by atoms with E-state index in [4.69, 9.17) is 10.2 Å². The number of rotatable bonds is 12. The van der Waals surface area contributed by atoms with Crippen molar-refractivity contribution in [1.82, 2.24) is 20.4 Å². The molecule has 2 aliphatic carbocycles. The van der Waals surface area contributed by atoms with Crippen molar-refractivity contribution in [2.45, 2.75) is 128 Å². The van der Waals surface area contributed by atoms with E-state index in [0.29, 0.717) is 11.8 Å². The number of nitrogens with one attached hydrogen (secondary N) is 2. The van der Waals surface area contributed by atoms with Crippen molar-refractivity contribution in [2.75, 3.05) is 0 Å². The summed E-state index contributed by atoms with van der Waals surface area (Å²) in [5.74, 6) is 3.16. The van der Waals surface area contributed by atoms with Gasteiger partial charge in [0.1, 0.15) is 0 Å². The zero-order chi connectivity index (χ0) is 28.2. The Bertz CT molecular complexity index is 1030. The Morgan fingerprint density at radius 3 is 1.45 bits per heavy atom. The number of nitrogens with zero attached hydrogens (tertiary/aromatic N) is 2. The number of hydrogen-bond acceptors (Lipinski definition) is 2. The second-order valence-corrected chi connectivity index (χ2v) is 12.4. The van der Waals surface area contributed by atoms with Gasteiger partial charge in [0.05, 0.1) is 11.4 Å². The molecule has 2 aromatic heterocycles. The van der Waals surface area contributed by atoms with Crippen LogP contribution in [0.3, 0.4) is 0 Å². The Kier molecular flexibility index (Phi) is 12.1. The maximum atomic E-state index is 4.74. The molecular formula is C36H54N4. The normalized spacial score (nSPS) is 22.9. The third-order valence-electron chi connectivity index (χ3n) is 9.65. The van der Waals surface area contributed by atoms with Gasteiger partial charge in [-0.2, -0.15) is 10.2 Å². The summed E-state index contributed by atoms with van der Waals surface area (Å²) in [6.07, 6.45) is 21.8.